The number of fused-ring (bicyclic) bond motifs is 1. The van der Waals surface area contributed by atoms with E-state index in [1.54, 1.807) is 0 Å². The topological polar surface area (TPSA) is 69.7 Å². The summed E-state index contributed by atoms with van der Waals surface area (Å²) in [6.07, 6.45) is 4.00. The molecule has 1 aliphatic rings. The monoisotopic (exact) mass is 457 g/mol. The quantitative estimate of drug-likeness (QED) is 0.555. The lowest BCUT2D eigenvalue weighted by Crippen LogP contribution is -2.34. The molecule has 0 saturated heterocycles. The van der Waals surface area contributed by atoms with Crippen LogP contribution in [0.3, 0.4) is 0 Å². The highest BCUT2D eigenvalue weighted by Crippen LogP contribution is 2.22. The van der Waals surface area contributed by atoms with Gasteiger partial charge in [-0.1, -0.05) is 30.3 Å². The second-order valence-corrected chi connectivity index (χ2v) is 10.7. The van der Waals surface area contributed by atoms with Gasteiger partial charge in [0, 0.05) is 39.1 Å². The van der Waals surface area contributed by atoms with Gasteiger partial charge in [-0.25, -0.2) is 8.42 Å². The number of nitrogens with zero attached hydrogens (tertiary/aromatic N) is 2. The second-order valence-electron chi connectivity index (χ2n) is 8.78. The highest BCUT2D eigenvalue weighted by molar-refractivity contribution is 7.92. The van der Waals surface area contributed by atoms with Gasteiger partial charge < -0.3 is 5.32 Å². The Morgan fingerprint density at radius 1 is 1.06 bits per heavy atom. The van der Waals surface area contributed by atoms with Gasteiger partial charge in [0.05, 0.1) is 11.9 Å². The van der Waals surface area contributed by atoms with Crippen molar-refractivity contribution in [2.45, 2.75) is 46.1 Å². The average molecular weight is 458 g/mol. The maximum atomic E-state index is 12.3. The average Bonchev–Trinajstić information content (AvgIpc) is 2.72. The highest BCUT2D eigenvalue weighted by Gasteiger charge is 2.18. The van der Waals surface area contributed by atoms with E-state index < -0.39 is 10.0 Å². The van der Waals surface area contributed by atoms with Gasteiger partial charge >= 0.3 is 0 Å². The molecule has 32 heavy (non-hydrogen) atoms. The van der Waals surface area contributed by atoms with Crippen LogP contribution in [0.15, 0.2) is 42.5 Å². The van der Waals surface area contributed by atoms with Gasteiger partial charge in [0.25, 0.3) is 0 Å². The van der Waals surface area contributed by atoms with Crippen LogP contribution < -0.4 is 9.62 Å². The number of carbonyl (C=O) groups excluding carboxylic acids is 1. The molecule has 174 valence electrons. The summed E-state index contributed by atoms with van der Waals surface area (Å²) in [5.74, 6) is -0.0251. The minimum absolute atomic E-state index is 0.0251. The summed E-state index contributed by atoms with van der Waals surface area (Å²) in [7, 11) is -3.41. The third-order valence-electron chi connectivity index (χ3n) is 5.84. The normalized spacial score (nSPS) is 14.1. The summed E-state index contributed by atoms with van der Waals surface area (Å²) in [6, 6.07) is 14.3. The number of nitrogens with one attached hydrogen (secondary N) is 1. The van der Waals surface area contributed by atoms with Crippen LogP contribution >= 0.6 is 0 Å². The zero-order valence-electron chi connectivity index (χ0n) is 19.4. The molecule has 0 unspecified atom stereocenters. The number of carbonyl (C=O) groups is 1. The largest absolute Gasteiger partial charge is 0.356 e. The zero-order chi connectivity index (χ0) is 23.1. The molecule has 0 radical (unpaired) electrons. The Morgan fingerprint density at radius 3 is 2.44 bits per heavy atom. The number of aryl methyl sites for hydroxylation is 2. The van der Waals surface area contributed by atoms with Crippen LogP contribution in [-0.4, -0.2) is 51.7 Å². The van der Waals surface area contributed by atoms with Crippen molar-refractivity contribution < 1.29 is 13.2 Å². The lowest BCUT2D eigenvalue weighted by Gasteiger charge is -2.28. The molecule has 0 aromatic heterocycles. The third kappa shape index (κ3) is 7.07. The van der Waals surface area contributed by atoms with E-state index >= 15 is 0 Å². The fourth-order valence-electron chi connectivity index (χ4n) is 4.33. The molecule has 6 nitrogen and oxygen atoms in total. The number of anilines is 1. The number of amides is 1. The molecular formula is C25H35N3O3S. The second kappa shape index (κ2) is 11.0. The molecule has 1 heterocycles. The SMILES string of the molecule is Cc1cc(C)cc(N(CCCC(=O)NCCCN2CCc3ccccc3C2)S(C)(=O)=O)c1. The van der Waals surface area contributed by atoms with Gasteiger partial charge in [-0.3, -0.25) is 14.0 Å². The Hall–Kier alpha value is -2.38. The van der Waals surface area contributed by atoms with Crippen molar-refractivity contribution in [1.82, 2.24) is 10.2 Å². The molecular weight excluding hydrogens is 422 g/mol. The fraction of sp³-hybridized carbons (Fsp3) is 0.480. The summed E-state index contributed by atoms with van der Waals surface area (Å²) in [5.41, 5.74) is 5.55. The van der Waals surface area contributed by atoms with E-state index in [-0.39, 0.29) is 5.91 Å². The Morgan fingerprint density at radius 2 is 1.75 bits per heavy atom. The van der Waals surface area contributed by atoms with Gasteiger partial charge in [0.2, 0.25) is 15.9 Å². The minimum Gasteiger partial charge on any atom is -0.356 e. The first-order chi connectivity index (χ1) is 15.2. The number of sulfonamides is 1. The van der Waals surface area contributed by atoms with Crippen molar-refractivity contribution in [3.8, 4) is 0 Å². The molecule has 2 aromatic rings. The predicted molar refractivity (Wildman–Crippen MR) is 130 cm³/mol. The summed E-state index contributed by atoms with van der Waals surface area (Å²) in [6.45, 7) is 7.84. The van der Waals surface area contributed by atoms with Gasteiger partial charge in [-0.2, -0.15) is 0 Å². The first kappa shape index (κ1) is 24.3. The van der Waals surface area contributed by atoms with Gasteiger partial charge in [0.1, 0.15) is 0 Å². The standard InChI is InChI=1S/C25H35N3O3S/c1-20-16-21(2)18-24(17-20)28(32(3,30)31)14-6-10-25(29)26-12-7-13-27-15-11-22-8-4-5-9-23(22)19-27/h4-5,8-9,16-18H,6-7,10-15,19H2,1-3H3,(H,26,29). The van der Waals surface area contributed by atoms with E-state index in [0.29, 0.717) is 31.6 Å². The van der Waals surface area contributed by atoms with E-state index in [1.807, 2.05) is 32.0 Å². The van der Waals surface area contributed by atoms with Crippen LogP contribution in [-0.2, 0) is 27.8 Å². The maximum absolute atomic E-state index is 12.3. The molecule has 0 fully saturated rings. The van der Waals surface area contributed by atoms with Crippen molar-refractivity contribution in [3.05, 3.63) is 64.7 Å². The molecule has 0 bridgehead atoms. The molecule has 1 aliphatic heterocycles. The van der Waals surface area contributed by atoms with Crippen LogP contribution in [0.25, 0.3) is 0 Å². The van der Waals surface area contributed by atoms with E-state index in [1.165, 1.54) is 21.7 Å². The molecule has 1 amide bonds. The van der Waals surface area contributed by atoms with Crippen LogP contribution in [0.1, 0.15) is 41.5 Å². The summed E-state index contributed by atoms with van der Waals surface area (Å²) < 4.78 is 26.0. The third-order valence-corrected chi connectivity index (χ3v) is 7.04. The summed E-state index contributed by atoms with van der Waals surface area (Å²) in [5, 5.41) is 2.98. The Bertz CT molecular complexity index is 1020. The Labute approximate surface area is 192 Å². The molecule has 0 aliphatic carbocycles. The van der Waals surface area contributed by atoms with E-state index in [4.69, 9.17) is 0 Å². The molecule has 0 spiro atoms. The van der Waals surface area contributed by atoms with Gasteiger partial charge in [-0.05, 0) is 67.5 Å². The highest BCUT2D eigenvalue weighted by atomic mass is 32.2. The smallest absolute Gasteiger partial charge is 0.232 e. The summed E-state index contributed by atoms with van der Waals surface area (Å²) in [4.78, 5) is 14.7. The van der Waals surface area contributed by atoms with Crippen LogP contribution in [0, 0.1) is 13.8 Å². The minimum atomic E-state index is -3.41. The molecule has 3 rings (SSSR count). The van der Waals surface area contributed by atoms with Crippen LogP contribution in [0.2, 0.25) is 0 Å². The molecule has 1 N–H and O–H groups in total. The lowest BCUT2D eigenvalue weighted by atomic mass is 10.00. The summed E-state index contributed by atoms with van der Waals surface area (Å²) >= 11 is 0. The Kier molecular flexibility index (Phi) is 8.32. The van der Waals surface area contributed by atoms with Crippen molar-refractivity contribution in [3.63, 3.8) is 0 Å². The van der Waals surface area contributed by atoms with Crippen molar-refractivity contribution in [2.24, 2.45) is 0 Å². The Balaban J connectivity index is 1.39. The number of benzene rings is 2. The first-order valence-corrected chi connectivity index (χ1v) is 13.2. The van der Waals surface area contributed by atoms with Crippen molar-refractivity contribution >= 4 is 21.6 Å². The molecule has 0 saturated carbocycles. The zero-order valence-corrected chi connectivity index (χ0v) is 20.2. The first-order valence-electron chi connectivity index (χ1n) is 11.3. The van der Waals surface area contributed by atoms with Crippen molar-refractivity contribution in [2.75, 3.05) is 36.7 Å². The van der Waals surface area contributed by atoms with Crippen molar-refractivity contribution in [1.29, 1.82) is 0 Å². The molecule has 2 aromatic carbocycles. The molecule has 0 atom stereocenters. The molecule has 7 heteroatoms. The maximum Gasteiger partial charge on any atom is 0.232 e. The number of hydrogen-bond donors (Lipinski definition) is 1. The van der Waals surface area contributed by atoms with Gasteiger partial charge in [-0.15, -0.1) is 0 Å². The lowest BCUT2D eigenvalue weighted by molar-refractivity contribution is -0.121. The number of rotatable bonds is 10. The number of hydrogen-bond acceptors (Lipinski definition) is 4. The van der Waals surface area contributed by atoms with Gasteiger partial charge in [0.15, 0.2) is 0 Å². The van der Waals surface area contributed by atoms with E-state index in [9.17, 15) is 13.2 Å². The van der Waals surface area contributed by atoms with Crippen LogP contribution in [0.5, 0.6) is 0 Å². The predicted octanol–water partition coefficient (Wildman–Crippen LogP) is 3.41. The van der Waals surface area contributed by atoms with E-state index in [2.05, 4.69) is 34.5 Å². The van der Waals surface area contributed by atoms with Crippen LogP contribution in [0.4, 0.5) is 5.69 Å². The fourth-order valence-corrected chi connectivity index (χ4v) is 5.28. The van der Waals surface area contributed by atoms with E-state index in [0.717, 1.165) is 43.6 Å².